The molecule has 1 heterocycles. The van der Waals surface area contributed by atoms with Gasteiger partial charge in [0.2, 0.25) is 6.41 Å². The van der Waals surface area contributed by atoms with E-state index < -0.39 is 0 Å². The normalized spacial score (nSPS) is 24.8. The summed E-state index contributed by atoms with van der Waals surface area (Å²) in [6.07, 6.45) is 6.54. The summed E-state index contributed by atoms with van der Waals surface area (Å²) in [6.45, 7) is 2.83. The third kappa shape index (κ3) is 3.90. The average molecular weight is 381 g/mol. The molecular weight excluding hydrogens is 348 g/mol. The second kappa shape index (κ2) is 8.31. The highest BCUT2D eigenvalue weighted by Gasteiger charge is 2.45. The van der Waals surface area contributed by atoms with E-state index in [1.54, 1.807) is 0 Å². The Bertz CT molecular complexity index is 782. The molecule has 1 aliphatic rings. The summed E-state index contributed by atoms with van der Waals surface area (Å²) >= 11 is 0. The molecule has 1 amide bonds. The SMILES string of the molecule is Cc1cccnc1N(C)CC1(NC=O)CCC(c2ccccc2)(N(C)C)CC1. The molecular formula is C23H32N4O. The number of carbonyl (C=O) groups excluding carboxylic acids is 1. The highest BCUT2D eigenvalue weighted by Crippen LogP contribution is 2.44. The summed E-state index contributed by atoms with van der Waals surface area (Å²) in [6, 6.07) is 14.8. The van der Waals surface area contributed by atoms with Crippen molar-refractivity contribution in [1.29, 1.82) is 0 Å². The van der Waals surface area contributed by atoms with E-state index in [-0.39, 0.29) is 11.1 Å². The van der Waals surface area contributed by atoms with Gasteiger partial charge in [0.05, 0.1) is 5.54 Å². The van der Waals surface area contributed by atoms with Crippen LogP contribution in [0, 0.1) is 6.92 Å². The van der Waals surface area contributed by atoms with Crippen molar-refractivity contribution in [2.75, 3.05) is 32.6 Å². The van der Waals surface area contributed by atoms with E-state index in [1.807, 2.05) is 12.3 Å². The van der Waals surface area contributed by atoms with Crippen LogP contribution in [0.4, 0.5) is 5.82 Å². The Morgan fingerprint density at radius 3 is 2.29 bits per heavy atom. The first-order valence-corrected chi connectivity index (χ1v) is 10.00. The average Bonchev–Trinajstić information content (AvgIpc) is 2.69. The van der Waals surface area contributed by atoms with E-state index in [0.29, 0.717) is 0 Å². The number of aryl methyl sites for hydroxylation is 1. The summed E-state index contributed by atoms with van der Waals surface area (Å²) in [4.78, 5) is 20.5. The maximum Gasteiger partial charge on any atom is 0.207 e. The lowest BCUT2D eigenvalue weighted by atomic mass is 9.68. The minimum Gasteiger partial charge on any atom is -0.357 e. The smallest absolute Gasteiger partial charge is 0.207 e. The second-order valence-corrected chi connectivity index (χ2v) is 8.33. The Labute approximate surface area is 168 Å². The zero-order chi connectivity index (χ0) is 20.2. The Balaban J connectivity index is 1.82. The molecule has 1 aliphatic carbocycles. The number of likely N-dealkylation sites (N-methyl/N-ethyl adjacent to an activating group) is 1. The van der Waals surface area contributed by atoms with Gasteiger partial charge in [-0.3, -0.25) is 9.69 Å². The van der Waals surface area contributed by atoms with Crippen LogP contribution in [-0.2, 0) is 10.3 Å². The number of nitrogens with one attached hydrogen (secondary N) is 1. The molecule has 5 heteroatoms. The number of pyridine rings is 1. The molecule has 0 unspecified atom stereocenters. The van der Waals surface area contributed by atoms with E-state index in [0.717, 1.165) is 50.0 Å². The molecule has 1 saturated carbocycles. The van der Waals surface area contributed by atoms with Crippen LogP contribution in [0.15, 0.2) is 48.7 Å². The topological polar surface area (TPSA) is 48.5 Å². The molecule has 150 valence electrons. The number of aromatic nitrogens is 1. The summed E-state index contributed by atoms with van der Waals surface area (Å²) in [7, 11) is 6.39. The first-order chi connectivity index (χ1) is 13.4. The van der Waals surface area contributed by atoms with Gasteiger partial charge in [0, 0.05) is 25.3 Å². The molecule has 1 N–H and O–H groups in total. The fourth-order valence-corrected chi connectivity index (χ4v) is 4.76. The van der Waals surface area contributed by atoms with Crippen LogP contribution in [-0.4, -0.2) is 49.5 Å². The standard InChI is InChI=1S/C23H32N4O/c1-19-9-8-16-24-21(19)27(4)17-22(25-18-28)12-14-23(15-13-22,26(2)3)20-10-6-5-7-11-20/h5-11,16,18H,12-15,17H2,1-4H3,(H,25,28). The van der Waals surface area contributed by atoms with Crippen molar-refractivity contribution in [2.45, 2.75) is 43.7 Å². The van der Waals surface area contributed by atoms with Crippen molar-refractivity contribution in [3.8, 4) is 0 Å². The molecule has 5 nitrogen and oxygen atoms in total. The van der Waals surface area contributed by atoms with Crippen LogP contribution < -0.4 is 10.2 Å². The molecule has 0 bridgehead atoms. The molecule has 0 spiro atoms. The van der Waals surface area contributed by atoms with Crippen LogP contribution in [0.25, 0.3) is 0 Å². The molecule has 0 radical (unpaired) electrons. The number of carbonyl (C=O) groups is 1. The first-order valence-electron chi connectivity index (χ1n) is 10.00. The lowest BCUT2D eigenvalue weighted by Crippen LogP contribution is -2.58. The molecule has 3 rings (SSSR count). The lowest BCUT2D eigenvalue weighted by Gasteiger charge is -2.50. The predicted octanol–water partition coefficient (Wildman–Crippen LogP) is 3.34. The highest BCUT2D eigenvalue weighted by molar-refractivity contribution is 5.50. The fourth-order valence-electron chi connectivity index (χ4n) is 4.76. The summed E-state index contributed by atoms with van der Waals surface area (Å²) in [5, 5.41) is 3.18. The van der Waals surface area contributed by atoms with Crippen molar-refractivity contribution in [3.63, 3.8) is 0 Å². The van der Waals surface area contributed by atoms with Gasteiger partial charge in [0.15, 0.2) is 0 Å². The Hall–Kier alpha value is -2.40. The van der Waals surface area contributed by atoms with Gasteiger partial charge in [-0.1, -0.05) is 36.4 Å². The van der Waals surface area contributed by atoms with E-state index in [1.165, 1.54) is 5.56 Å². The summed E-state index contributed by atoms with van der Waals surface area (Å²) in [5.41, 5.74) is 2.27. The van der Waals surface area contributed by atoms with Crippen molar-refractivity contribution in [1.82, 2.24) is 15.2 Å². The van der Waals surface area contributed by atoms with Crippen LogP contribution in [0.2, 0.25) is 0 Å². The molecule has 1 aromatic carbocycles. The molecule has 0 aliphatic heterocycles. The quantitative estimate of drug-likeness (QED) is 0.749. The Morgan fingerprint density at radius 1 is 1.04 bits per heavy atom. The van der Waals surface area contributed by atoms with Crippen LogP contribution >= 0.6 is 0 Å². The van der Waals surface area contributed by atoms with E-state index in [2.05, 4.69) is 84.6 Å². The van der Waals surface area contributed by atoms with Gasteiger partial charge in [0.25, 0.3) is 0 Å². The number of anilines is 1. The maximum atomic E-state index is 11.5. The molecule has 1 aromatic heterocycles. The zero-order valence-electron chi connectivity index (χ0n) is 17.5. The number of hydrogen-bond donors (Lipinski definition) is 1. The van der Waals surface area contributed by atoms with Gasteiger partial charge in [-0.05, 0) is 63.9 Å². The highest BCUT2D eigenvalue weighted by atomic mass is 16.1. The molecule has 0 saturated heterocycles. The summed E-state index contributed by atoms with van der Waals surface area (Å²) in [5.74, 6) is 0.974. The number of rotatable bonds is 7. The van der Waals surface area contributed by atoms with Gasteiger partial charge in [-0.2, -0.15) is 0 Å². The van der Waals surface area contributed by atoms with E-state index >= 15 is 0 Å². The van der Waals surface area contributed by atoms with Gasteiger partial charge in [-0.15, -0.1) is 0 Å². The molecule has 1 fully saturated rings. The van der Waals surface area contributed by atoms with Crippen molar-refractivity contribution >= 4 is 12.2 Å². The van der Waals surface area contributed by atoms with Gasteiger partial charge >= 0.3 is 0 Å². The Kier molecular flexibility index (Phi) is 6.04. The first kappa shape index (κ1) is 20.3. The number of benzene rings is 1. The van der Waals surface area contributed by atoms with E-state index in [4.69, 9.17) is 0 Å². The zero-order valence-corrected chi connectivity index (χ0v) is 17.5. The van der Waals surface area contributed by atoms with Gasteiger partial charge in [0.1, 0.15) is 5.82 Å². The van der Waals surface area contributed by atoms with Crippen molar-refractivity contribution in [2.24, 2.45) is 0 Å². The minimum atomic E-state index is -0.241. The van der Waals surface area contributed by atoms with Crippen LogP contribution in [0.5, 0.6) is 0 Å². The molecule has 2 aromatic rings. The minimum absolute atomic E-state index is 0.00874. The molecule has 28 heavy (non-hydrogen) atoms. The van der Waals surface area contributed by atoms with Crippen LogP contribution in [0.3, 0.4) is 0 Å². The van der Waals surface area contributed by atoms with E-state index in [9.17, 15) is 4.79 Å². The number of amides is 1. The maximum absolute atomic E-state index is 11.5. The van der Waals surface area contributed by atoms with Crippen molar-refractivity contribution in [3.05, 3.63) is 59.8 Å². The lowest BCUT2D eigenvalue weighted by molar-refractivity contribution is -0.112. The summed E-state index contributed by atoms with van der Waals surface area (Å²) < 4.78 is 0. The van der Waals surface area contributed by atoms with Crippen LogP contribution in [0.1, 0.15) is 36.8 Å². The number of nitrogens with zero attached hydrogens (tertiary/aromatic N) is 3. The third-order valence-electron chi connectivity index (χ3n) is 6.45. The predicted molar refractivity (Wildman–Crippen MR) is 114 cm³/mol. The largest absolute Gasteiger partial charge is 0.357 e. The Morgan fingerprint density at radius 2 is 1.71 bits per heavy atom. The molecule has 0 atom stereocenters. The fraction of sp³-hybridized carbons (Fsp3) is 0.478. The monoisotopic (exact) mass is 380 g/mol. The van der Waals surface area contributed by atoms with Gasteiger partial charge in [-0.25, -0.2) is 4.98 Å². The van der Waals surface area contributed by atoms with Crippen molar-refractivity contribution < 1.29 is 4.79 Å². The third-order valence-corrected chi connectivity index (χ3v) is 6.45. The second-order valence-electron chi connectivity index (χ2n) is 8.33. The van der Waals surface area contributed by atoms with Gasteiger partial charge < -0.3 is 10.2 Å². The number of hydrogen-bond acceptors (Lipinski definition) is 4.